The molecule has 0 saturated heterocycles. The van der Waals surface area contributed by atoms with Crippen LogP contribution in [0.2, 0.25) is 0 Å². The number of ether oxygens (including phenoxy) is 3. The normalized spacial score (nSPS) is 26.0. The number of allylic oxidation sites excluding steroid dienone is 1. The van der Waals surface area contributed by atoms with E-state index in [1.165, 1.54) is 11.1 Å². The van der Waals surface area contributed by atoms with E-state index in [1.807, 2.05) is 0 Å². The second-order valence-electron chi connectivity index (χ2n) is 5.69. The van der Waals surface area contributed by atoms with Crippen molar-refractivity contribution < 1.29 is 14.2 Å². The van der Waals surface area contributed by atoms with E-state index >= 15 is 0 Å². The predicted molar refractivity (Wildman–Crippen MR) is 74.3 cm³/mol. The summed E-state index contributed by atoms with van der Waals surface area (Å²) >= 11 is 0. The van der Waals surface area contributed by atoms with Crippen molar-refractivity contribution in [1.82, 2.24) is 0 Å². The standard InChI is InChI=1S/C16H22O3/c1-5-8-18-13-6-7-16(3,4)15(12(13)2)14-11-17-9-10-19-14/h1,11,13H,6-10H2,2-4H3. The van der Waals surface area contributed by atoms with Crippen LogP contribution in [0.25, 0.3) is 0 Å². The van der Waals surface area contributed by atoms with Gasteiger partial charge in [-0.05, 0) is 30.8 Å². The first-order chi connectivity index (χ1) is 9.06. The molecule has 0 saturated carbocycles. The average molecular weight is 262 g/mol. The molecule has 0 aromatic heterocycles. The highest BCUT2D eigenvalue weighted by atomic mass is 16.6. The monoisotopic (exact) mass is 262 g/mol. The zero-order valence-electron chi connectivity index (χ0n) is 12.0. The first kappa shape index (κ1) is 14.0. The molecule has 1 aliphatic heterocycles. The molecule has 0 spiro atoms. The van der Waals surface area contributed by atoms with Crippen LogP contribution in [-0.2, 0) is 14.2 Å². The van der Waals surface area contributed by atoms with E-state index in [2.05, 4.69) is 26.7 Å². The van der Waals surface area contributed by atoms with Gasteiger partial charge in [0.05, 0.1) is 6.10 Å². The topological polar surface area (TPSA) is 27.7 Å². The third-order valence-electron chi connectivity index (χ3n) is 3.85. The summed E-state index contributed by atoms with van der Waals surface area (Å²) in [6, 6.07) is 0. The summed E-state index contributed by atoms with van der Waals surface area (Å²) in [6.07, 6.45) is 9.14. The highest BCUT2D eigenvalue weighted by Gasteiger charge is 2.36. The predicted octanol–water partition coefficient (Wildman–Crippen LogP) is 3.03. The molecule has 1 atom stereocenters. The molecule has 1 heterocycles. The van der Waals surface area contributed by atoms with Crippen LogP contribution in [0.5, 0.6) is 0 Å². The SMILES string of the molecule is C#CCOC1CCC(C)(C)C(C2=COCCO2)=C1C. The Kier molecular flexibility index (Phi) is 4.21. The lowest BCUT2D eigenvalue weighted by molar-refractivity contribution is 0.0620. The minimum atomic E-state index is 0.0760. The molecule has 3 nitrogen and oxygen atoms in total. The lowest BCUT2D eigenvalue weighted by Crippen LogP contribution is -2.32. The van der Waals surface area contributed by atoms with Crippen LogP contribution < -0.4 is 0 Å². The van der Waals surface area contributed by atoms with Crippen LogP contribution >= 0.6 is 0 Å². The first-order valence-electron chi connectivity index (χ1n) is 6.77. The van der Waals surface area contributed by atoms with E-state index in [-0.39, 0.29) is 11.5 Å². The summed E-state index contributed by atoms with van der Waals surface area (Å²) in [6.45, 7) is 8.16. The summed E-state index contributed by atoms with van der Waals surface area (Å²) in [5, 5.41) is 0. The third kappa shape index (κ3) is 2.96. The second kappa shape index (κ2) is 5.71. The Hall–Kier alpha value is -1.40. The molecule has 1 unspecified atom stereocenters. The summed E-state index contributed by atoms with van der Waals surface area (Å²) in [5.41, 5.74) is 2.50. The Morgan fingerprint density at radius 3 is 2.89 bits per heavy atom. The quantitative estimate of drug-likeness (QED) is 0.732. The molecule has 0 aromatic carbocycles. The lowest BCUT2D eigenvalue weighted by Gasteiger charge is -2.39. The summed E-state index contributed by atoms with van der Waals surface area (Å²) in [4.78, 5) is 0. The largest absolute Gasteiger partial charge is 0.494 e. The summed E-state index contributed by atoms with van der Waals surface area (Å²) in [7, 11) is 0. The smallest absolute Gasteiger partial charge is 0.157 e. The molecule has 1 aliphatic carbocycles. The van der Waals surface area contributed by atoms with E-state index in [0.717, 1.165) is 18.6 Å². The molecule has 2 aliphatic rings. The van der Waals surface area contributed by atoms with Gasteiger partial charge in [0, 0.05) is 5.57 Å². The molecule has 3 heteroatoms. The average Bonchev–Trinajstić information content (AvgIpc) is 2.39. The Labute approximate surface area is 115 Å². The van der Waals surface area contributed by atoms with Gasteiger partial charge >= 0.3 is 0 Å². The Balaban J connectivity index is 2.31. The van der Waals surface area contributed by atoms with Crippen molar-refractivity contribution in [2.24, 2.45) is 5.41 Å². The maximum atomic E-state index is 5.76. The molecular formula is C16H22O3. The fraction of sp³-hybridized carbons (Fsp3) is 0.625. The van der Waals surface area contributed by atoms with Crippen LogP contribution in [0.1, 0.15) is 33.6 Å². The van der Waals surface area contributed by atoms with Crippen molar-refractivity contribution in [2.75, 3.05) is 19.8 Å². The summed E-state index contributed by atoms with van der Waals surface area (Å²) in [5.74, 6) is 3.39. The molecule has 0 fully saturated rings. The van der Waals surface area contributed by atoms with Crippen LogP contribution in [0.3, 0.4) is 0 Å². The van der Waals surface area contributed by atoms with Crippen LogP contribution in [-0.4, -0.2) is 25.9 Å². The van der Waals surface area contributed by atoms with Gasteiger partial charge in [0.25, 0.3) is 0 Å². The highest BCUT2D eigenvalue weighted by molar-refractivity contribution is 5.39. The first-order valence-corrected chi connectivity index (χ1v) is 6.77. The molecule has 2 rings (SSSR count). The van der Waals surface area contributed by atoms with Gasteiger partial charge in [0.1, 0.15) is 26.1 Å². The van der Waals surface area contributed by atoms with Crippen LogP contribution in [0, 0.1) is 17.8 Å². The molecular weight excluding hydrogens is 240 g/mol. The maximum absolute atomic E-state index is 5.76. The molecule has 104 valence electrons. The zero-order valence-corrected chi connectivity index (χ0v) is 12.0. The Bertz CT molecular complexity index is 437. The van der Waals surface area contributed by atoms with Gasteiger partial charge in [0.15, 0.2) is 5.76 Å². The van der Waals surface area contributed by atoms with E-state index in [0.29, 0.717) is 19.8 Å². The van der Waals surface area contributed by atoms with Crippen molar-refractivity contribution in [1.29, 1.82) is 0 Å². The van der Waals surface area contributed by atoms with Crippen LogP contribution in [0.4, 0.5) is 0 Å². The highest BCUT2D eigenvalue weighted by Crippen LogP contribution is 2.45. The summed E-state index contributed by atoms with van der Waals surface area (Å²) < 4.78 is 16.9. The van der Waals surface area contributed by atoms with Gasteiger partial charge in [-0.1, -0.05) is 19.8 Å². The van der Waals surface area contributed by atoms with Gasteiger partial charge in [-0.3, -0.25) is 0 Å². The van der Waals surface area contributed by atoms with Gasteiger partial charge in [-0.15, -0.1) is 6.42 Å². The van der Waals surface area contributed by atoms with Crippen LogP contribution in [0.15, 0.2) is 23.2 Å². The van der Waals surface area contributed by atoms with E-state index < -0.39 is 0 Å². The van der Waals surface area contributed by atoms with Gasteiger partial charge < -0.3 is 14.2 Å². The molecule has 0 aromatic rings. The molecule has 0 N–H and O–H groups in total. The van der Waals surface area contributed by atoms with Crippen molar-refractivity contribution in [3.05, 3.63) is 23.2 Å². The van der Waals surface area contributed by atoms with Crippen molar-refractivity contribution in [2.45, 2.75) is 39.7 Å². The minimum absolute atomic E-state index is 0.0760. The Morgan fingerprint density at radius 1 is 1.47 bits per heavy atom. The molecule has 19 heavy (non-hydrogen) atoms. The van der Waals surface area contributed by atoms with Crippen molar-refractivity contribution >= 4 is 0 Å². The molecule has 0 amide bonds. The van der Waals surface area contributed by atoms with Gasteiger partial charge in [0.2, 0.25) is 0 Å². The van der Waals surface area contributed by atoms with E-state index in [1.54, 1.807) is 6.26 Å². The zero-order chi connectivity index (χ0) is 13.9. The number of terminal acetylenes is 1. The van der Waals surface area contributed by atoms with Gasteiger partial charge in [-0.2, -0.15) is 0 Å². The van der Waals surface area contributed by atoms with Crippen molar-refractivity contribution in [3.63, 3.8) is 0 Å². The third-order valence-corrected chi connectivity index (χ3v) is 3.85. The second-order valence-corrected chi connectivity index (χ2v) is 5.69. The number of hydrogen-bond acceptors (Lipinski definition) is 3. The Morgan fingerprint density at radius 2 is 2.26 bits per heavy atom. The molecule has 0 radical (unpaired) electrons. The fourth-order valence-corrected chi connectivity index (χ4v) is 2.91. The lowest BCUT2D eigenvalue weighted by atomic mass is 9.71. The van der Waals surface area contributed by atoms with Crippen molar-refractivity contribution in [3.8, 4) is 12.3 Å². The van der Waals surface area contributed by atoms with E-state index in [4.69, 9.17) is 20.6 Å². The van der Waals surface area contributed by atoms with E-state index in [9.17, 15) is 0 Å². The number of rotatable bonds is 3. The molecule has 0 bridgehead atoms. The van der Waals surface area contributed by atoms with Gasteiger partial charge in [-0.25, -0.2) is 0 Å². The maximum Gasteiger partial charge on any atom is 0.157 e. The number of hydrogen-bond donors (Lipinski definition) is 0. The fourth-order valence-electron chi connectivity index (χ4n) is 2.91. The minimum Gasteiger partial charge on any atom is -0.494 e.